The summed E-state index contributed by atoms with van der Waals surface area (Å²) in [6, 6.07) is 6.78. The number of oxime groups is 1. The van der Waals surface area contributed by atoms with Crippen LogP contribution in [0, 0.1) is 0 Å². The number of rotatable bonds is 6. The second kappa shape index (κ2) is 7.49. The number of ether oxygens (including phenoxy) is 2. The lowest BCUT2D eigenvalue weighted by molar-refractivity contribution is -0.123. The summed E-state index contributed by atoms with van der Waals surface area (Å²) in [5.74, 6) is 0.0882. The van der Waals surface area contributed by atoms with Crippen LogP contribution in [0.25, 0.3) is 0 Å². The number of amidine groups is 1. The molecule has 1 aromatic carbocycles. The predicted octanol–water partition coefficient (Wildman–Crippen LogP) is 0.455. The molecule has 0 radical (unpaired) electrons. The molecule has 7 nitrogen and oxygen atoms in total. The molecule has 0 saturated carbocycles. The number of carbonyl (C=O) groups is 1. The summed E-state index contributed by atoms with van der Waals surface area (Å²) in [5.41, 5.74) is 5.98. The molecule has 0 aromatic heterocycles. The van der Waals surface area contributed by atoms with E-state index in [1.54, 1.807) is 24.3 Å². The van der Waals surface area contributed by atoms with E-state index >= 15 is 0 Å². The maximum atomic E-state index is 11.7. The molecule has 1 saturated heterocycles. The van der Waals surface area contributed by atoms with Crippen molar-refractivity contribution in [3.63, 3.8) is 0 Å². The highest BCUT2D eigenvalue weighted by Crippen LogP contribution is 2.17. The summed E-state index contributed by atoms with van der Waals surface area (Å²) >= 11 is 0. The van der Waals surface area contributed by atoms with Crippen molar-refractivity contribution >= 4 is 11.7 Å². The minimum Gasteiger partial charge on any atom is -0.483 e. The number of nitrogens with zero attached hydrogens (tertiary/aromatic N) is 1. The summed E-state index contributed by atoms with van der Waals surface area (Å²) in [6.07, 6.45) is 2.09. The zero-order valence-electron chi connectivity index (χ0n) is 11.6. The Morgan fingerprint density at radius 1 is 1.52 bits per heavy atom. The first-order valence-electron chi connectivity index (χ1n) is 6.78. The first-order chi connectivity index (χ1) is 10.2. The summed E-state index contributed by atoms with van der Waals surface area (Å²) in [4.78, 5) is 11.7. The van der Waals surface area contributed by atoms with E-state index in [1.807, 2.05) is 0 Å². The second-order valence-corrected chi connectivity index (χ2v) is 4.71. The van der Waals surface area contributed by atoms with Crippen LogP contribution >= 0.6 is 0 Å². The largest absolute Gasteiger partial charge is 0.483 e. The molecule has 2 rings (SSSR count). The Morgan fingerprint density at radius 3 is 3.05 bits per heavy atom. The number of amides is 1. The molecule has 0 aliphatic carbocycles. The van der Waals surface area contributed by atoms with Gasteiger partial charge in [-0.25, -0.2) is 0 Å². The highest BCUT2D eigenvalue weighted by Gasteiger charge is 2.16. The Hall–Kier alpha value is -2.28. The van der Waals surface area contributed by atoms with Crippen LogP contribution in [0.4, 0.5) is 0 Å². The molecule has 21 heavy (non-hydrogen) atoms. The Kier molecular flexibility index (Phi) is 5.39. The third-order valence-electron chi connectivity index (χ3n) is 3.18. The summed E-state index contributed by atoms with van der Waals surface area (Å²) in [6.45, 7) is 1.11. The van der Waals surface area contributed by atoms with E-state index in [2.05, 4.69) is 10.5 Å². The number of carbonyl (C=O) groups excluding carboxylic acids is 1. The zero-order valence-corrected chi connectivity index (χ0v) is 11.6. The Labute approximate surface area is 122 Å². The smallest absolute Gasteiger partial charge is 0.258 e. The third kappa shape index (κ3) is 4.35. The van der Waals surface area contributed by atoms with Crippen molar-refractivity contribution in [2.75, 3.05) is 19.8 Å². The van der Waals surface area contributed by atoms with Crippen LogP contribution in [0.5, 0.6) is 5.75 Å². The molecule has 1 aromatic rings. The normalized spacial score (nSPS) is 18.5. The van der Waals surface area contributed by atoms with Crippen molar-refractivity contribution < 1.29 is 19.5 Å². The summed E-state index contributed by atoms with van der Waals surface area (Å²) in [5, 5.41) is 14.4. The van der Waals surface area contributed by atoms with Crippen molar-refractivity contribution in [1.82, 2.24) is 5.32 Å². The molecule has 1 amide bonds. The molecule has 0 bridgehead atoms. The standard InChI is InChI=1S/C14H19N3O4/c15-14(17-19)11-5-1-2-6-12(11)21-9-13(18)16-8-10-4-3-7-20-10/h1-2,5-6,10,19H,3-4,7-9H2,(H2,15,17)(H,16,18). The van der Waals surface area contributed by atoms with Crippen molar-refractivity contribution in [2.45, 2.75) is 18.9 Å². The van der Waals surface area contributed by atoms with Gasteiger partial charge in [0.2, 0.25) is 0 Å². The summed E-state index contributed by atoms with van der Waals surface area (Å²) in [7, 11) is 0. The van der Waals surface area contributed by atoms with Gasteiger partial charge < -0.3 is 25.7 Å². The van der Waals surface area contributed by atoms with E-state index in [0.29, 0.717) is 17.9 Å². The number of hydrogen-bond acceptors (Lipinski definition) is 5. The van der Waals surface area contributed by atoms with Gasteiger partial charge in [0.05, 0.1) is 11.7 Å². The number of benzene rings is 1. The highest BCUT2D eigenvalue weighted by atomic mass is 16.5. The van der Waals surface area contributed by atoms with Gasteiger partial charge in [-0.05, 0) is 25.0 Å². The van der Waals surface area contributed by atoms with E-state index < -0.39 is 0 Å². The van der Waals surface area contributed by atoms with Gasteiger partial charge in [-0.3, -0.25) is 4.79 Å². The van der Waals surface area contributed by atoms with Gasteiger partial charge in [-0.2, -0.15) is 0 Å². The quantitative estimate of drug-likeness (QED) is 0.306. The molecule has 0 spiro atoms. The topological polar surface area (TPSA) is 106 Å². The number of nitrogens with two attached hydrogens (primary N) is 1. The predicted molar refractivity (Wildman–Crippen MR) is 76.4 cm³/mol. The van der Waals surface area contributed by atoms with E-state index in [4.69, 9.17) is 20.4 Å². The second-order valence-electron chi connectivity index (χ2n) is 4.71. The Balaban J connectivity index is 1.83. The van der Waals surface area contributed by atoms with Gasteiger partial charge in [0.1, 0.15) is 5.75 Å². The van der Waals surface area contributed by atoms with E-state index in [9.17, 15) is 4.79 Å². The molecular formula is C14H19N3O4. The summed E-state index contributed by atoms with van der Waals surface area (Å²) < 4.78 is 10.8. The number of hydrogen-bond donors (Lipinski definition) is 3. The van der Waals surface area contributed by atoms with Crippen molar-refractivity contribution in [3.05, 3.63) is 29.8 Å². The van der Waals surface area contributed by atoms with E-state index in [0.717, 1.165) is 19.4 Å². The van der Waals surface area contributed by atoms with Crippen molar-refractivity contribution in [3.8, 4) is 5.75 Å². The van der Waals surface area contributed by atoms with Crippen LogP contribution in [0.15, 0.2) is 29.4 Å². The molecule has 1 atom stereocenters. The lowest BCUT2D eigenvalue weighted by atomic mass is 10.2. The van der Waals surface area contributed by atoms with Crippen LogP contribution in [-0.4, -0.2) is 42.8 Å². The minimum absolute atomic E-state index is 0.0645. The minimum atomic E-state index is -0.236. The van der Waals surface area contributed by atoms with Gasteiger partial charge in [-0.1, -0.05) is 17.3 Å². The van der Waals surface area contributed by atoms with Crippen LogP contribution in [-0.2, 0) is 9.53 Å². The van der Waals surface area contributed by atoms with Gasteiger partial charge in [0.15, 0.2) is 12.4 Å². The third-order valence-corrected chi connectivity index (χ3v) is 3.18. The van der Waals surface area contributed by atoms with Crippen LogP contribution in [0.1, 0.15) is 18.4 Å². The number of nitrogens with one attached hydrogen (secondary N) is 1. The average Bonchev–Trinajstić information content (AvgIpc) is 3.04. The fraction of sp³-hybridized carbons (Fsp3) is 0.429. The molecule has 1 aliphatic rings. The Morgan fingerprint density at radius 2 is 2.33 bits per heavy atom. The zero-order chi connectivity index (χ0) is 15.1. The molecule has 4 N–H and O–H groups in total. The maximum absolute atomic E-state index is 11.7. The maximum Gasteiger partial charge on any atom is 0.258 e. The van der Waals surface area contributed by atoms with Gasteiger partial charge >= 0.3 is 0 Å². The molecule has 1 unspecified atom stereocenters. The van der Waals surface area contributed by atoms with E-state index in [1.165, 1.54) is 0 Å². The lowest BCUT2D eigenvalue weighted by Crippen LogP contribution is -2.35. The van der Waals surface area contributed by atoms with Crippen LogP contribution in [0.3, 0.4) is 0 Å². The van der Waals surface area contributed by atoms with Crippen LogP contribution in [0.2, 0.25) is 0 Å². The molecule has 114 valence electrons. The first kappa shape index (κ1) is 15.1. The molecule has 1 fully saturated rings. The van der Waals surface area contributed by atoms with Gasteiger partial charge in [0.25, 0.3) is 5.91 Å². The van der Waals surface area contributed by atoms with E-state index in [-0.39, 0.29) is 24.5 Å². The fourth-order valence-electron chi connectivity index (χ4n) is 2.09. The number of para-hydroxylation sites is 1. The molecular weight excluding hydrogens is 274 g/mol. The van der Waals surface area contributed by atoms with Crippen LogP contribution < -0.4 is 15.8 Å². The van der Waals surface area contributed by atoms with Crippen molar-refractivity contribution in [1.29, 1.82) is 0 Å². The first-order valence-corrected chi connectivity index (χ1v) is 6.78. The van der Waals surface area contributed by atoms with Gasteiger partial charge in [-0.15, -0.1) is 0 Å². The molecule has 1 heterocycles. The molecule has 7 heteroatoms. The Bertz CT molecular complexity index is 513. The van der Waals surface area contributed by atoms with Crippen molar-refractivity contribution in [2.24, 2.45) is 10.9 Å². The fourth-order valence-corrected chi connectivity index (χ4v) is 2.09. The molecule has 1 aliphatic heterocycles. The highest BCUT2D eigenvalue weighted by molar-refractivity contribution is 5.99. The lowest BCUT2D eigenvalue weighted by Gasteiger charge is -2.12. The SMILES string of the molecule is N/C(=N\O)c1ccccc1OCC(=O)NCC1CCCO1. The average molecular weight is 293 g/mol. The monoisotopic (exact) mass is 293 g/mol. The van der Waals surface area contributed by atoms with Gasteiger partial charge in [0, 0.05) is 13.2 Å².